The lowest BCUT2D eigenvalue weighted by molar-refractivity contribution is -0.0450. The van der Waals surface area contributed by atoms with Crippen molar-refractivity contribution < 1.29 is 4.74 Å². The molecule has 0 N–H and O–H groups in total. The minimum Gasteiger partial charge on any atom is -0.379 e. The summed E-state index contributed by atoms with van der Waals surface area (Å²) in [5.41, 5.74) is 0.394. The monoisotopic (exact) mass is 278 g/mol. The Morgan fingerprint density at radius 3 is 2.00 bits per heavy atom. The zero-order chi connectivity index (χ0) is 12.1. The minimum absolute atomic E-state index is 0.0290. The normalized spacial score (nSPS) is 21.8. The molecule has 0 saturated heterocycles. The van der Waals surface area contributed by atoms with Gasteiger partial charge in [-0.15, -0.1) is 0 Å². The molecule has 0 rings (SSSR count). The van der Waals surface area contributed by atoms with Gasteiger partial charge in [-0.2, -0.15) is 0 Å². The van der Waals surface area contributed by atoms with E-state index in [1.54, 1.807) is 0 Å². The van der Waals surface area contributed by atoms with Gasteiger partial charge in [0.25, 0.3) is 0 Å². The summed E-state index contributed by atoms with van der Waals surface area (Å²) in [4.78, 5) is 0. The van der Waals surface area contributed by atoms with Crippen LogP contribution in [0.15, 0.2) is 0 Å². The van der Waals surface area contributed by atoms with E-state index in [1.165, 1.54) is 6.42 Å². The molecule has 0 radical (unpaired) electrons. The van der Waals surface area contributed by atoms with Gasteiger partial charge in [-0.05, 0) is 31.1 Å². The van der Waals surface area contributed by atoms with E-state index < -0.39 is 0 Å². The van der Waals surface area contributed by atoms with E-state index in [1.807, 2.05) is 7.11 Å². The van der Waals surface area contributed by atoms with Crippen molar-refractivity contribution in [1.82, 2.24) is 0 Å². The molecule has 0 aromatic carbocycles. The molecule has 0 aliphatic carbocycles. The molecule has 0 aliphatic heterocycles. The first-order chi connectivity index (χ1) is 6.87. The van der Waals surface area contributed by atoms with Crippen LogP contribution in [0.25, 0.3) is 0 Å². The molecule has 15 heavy (non-hydrogen) atoms. The molecular weight excluding hydrogens is 252 g/mol. The van der Waals surface area contributed by atoms with Crippen molar-refractivity contribution in [2.45, 2.75) is 59.5 Å². The summed E-state index contributed by atoms with van der Waals surface area (Å²) in [6.07, 6.45) is 3.42. The Hall–Kier alpha value is 0.440. The molecule has 2 unspecified atom stereocenters. The van der Waals surface area contributed by atoms with Crippen LogP contribution in [0.1, 0.15) is 53.9 Å². The fraction of sp³-hybridized carbons (Fsp3) is 1.00. The maximum atomic E-state index is 5.66. The second-order valence-electron chi connectivity index (χ2n) is 5.25. The number of ether oxygens (including phenoxy) is 1. The standard InChI is InChI=1S/C13H27BrO/c1-7-12(4,11(3)9-14)10-13(5,8-2)15-6/h11H,7-10H2,1-6H3/t11-,12?,13?/m0/s1. The maximum Gasteiger partial charge on any atom is 0.0653 e. The van der Waals surface area contributed by atoms with E-state index in [9.17, 15) is 0 Å². The summed E-state index contributed by atoms with van der Waals surface area (Å²) in [5, 5.41) is 1.07. The summed E-state index contributed by atoms with van der Waals surface area (Å²) in [6.45, 7) is 11.4. The lowest BCUT2D eigenvalue weighted by Crippen LogP contribution is -2.38. The molecule has 0 heterocycles. The highest BCUT2D eigenvalue weighted by Crippen LogP contribution is 2.41. The van der Waals surface area contributed by atoms with Crippen molar-refractivity contribution in [3.05, 3.63) is 0 Å². The summed E-state index contributed by atoms with van der Waals surface area (Å²) in [7, 11) is 1.83. The van der Waals surface area contributed by atoms with Gasteiger partial charge in [0.2, 0.25) is 0 Å². The van der Waals surface area contributed by atoms with Gasteiger partial charge < -0.3 is 4.74 Å². The van der Waals surface area contributed by atoms with Gasteiger partial charge >= 0.3 is 0 Å². The van der Waals surface area contributed by atoms with E-state index in [0.29, 0.717) is 11.3 Å². The summed E-state index contributed by atoms with van der Waals surface area (Å²) in [5.74, 6) is 0.684. The van der Waals surface area contributed by atoms with E-state index in [0.717, 1.165) is 18.2 Å². The van der Waals surface area contributed by atoms with Gasteiger partial charge in [-0.3, -0.25) is 0 Å². The average Bonchev–Trinajstić information content (AvgIpc) is 2.27. The molecule has 0 saturated carbocycles. The number of alkyl halides is 1. The highest BCUT2D eigenvalue weighted by molar-refractivity contribution is 9.09. The van der Waals surface area contributed by atoms with Crippen LogP contribution < -0.4 is 0 Å². The third-order valence-corrected chi connectivity index (χ3v) is 5.22. The van der Waals surface area contributed by atoms with Crippen molar-refractivity contribution in [2.75, 3.05) is 12.4 Å². The molecule has 0 bridgehead atoms. The minimum atomic E-state index is 0.0290. The van der Waals surface area contributed by atoms with Crippen LogP contribution in [0.4, 0.5) is 0 Å². The van der Waals surface area contributed by atoms with Gasteiger partial charge in [-0.1, -0.05) is 50.0 Å². The topological polar surface area (TPSA) is 9.23 Å². The van der Waals surface area contributed by atoms with Crippen LogP contribution in [0.5, 0.6) is 0 Å². The SMILES string of the molecule is CCC(C)(CC(C)(CC)[C@@H](C)CBr)OC. The summed E-state index contributed by atoms with van der Waals surface area (Å²) < 4.78 is 5.66. The quantitative estimate of drug-likeness (QED) is 0.617. The van der Waals surface area contributed by atoms with Crippen molar-refractivity contribution in [2.24, 2.45) is 11.3 Å². The first kappa shape index (κ1) is 15.4. The average molecular weight is 279 g/mol. The molecule has 92 valence electrons. The molecule has 2 heteroatoms. The van der Waals surface area contributed by atoms with E-state index in [-0.39, 0.29) is 5.60 Å². The van der Waals surface area contributed by atoms with Crippen LogP contribution in [-0.2, 0) is 4.74 Å². The van der Waals surface area contributed by atoms with Crippen LogP contribution in [0.2, 0.25) is 0 Å². The smallest absolute Gasteiger partial charge is 0.0653 e. The number of rotatable bonds is 7. The molecule has 0 fully saturated rings. The second-order valence-corrected chi connectivity index (χ2v) is 5.89. The van der Waals surface area contributed by atoms with Gasteiger partial charge in [0, 0.05) is 12.4 Å². The van der Waals surface area contributed by atoms with Crippen molar-refractivity contribution in [1.29, 1.82) is 0 Å². The molecule has 3 atom stereocenters. The third kappa shape index (κ3) is 4.07. The maximum absolute atomic E-state index is 5.66. The van der Waals surface area contributed by atoms with Crippen LogP contribution in [-0.4, -0.2) is 18.0 Å². The van der Waals surface area contributed by atoms with Crippen molar-refractivity contribution in [3.8, 4) is 0 Å². The lowest BCUT2D eigenvalue weighted by atomic mass is 9.69. The largest absolute Gasteiger partial charge is 0.379 e. The Kier molecular flexibility index (Phi) is 6.43. The number of halogens is 1. The molecule has 0 aromatic heterocycles. The van der Waals surface area contributed by atoms with Crippen LogP contribution in [0, 0.1) is 11.3 Å². The number of methoxy groups -OCH3 is 1. The highest BCUT2D eigenvalue weighted by Gasteiger charge is 2.36. The Bertz CT molecular complexity index is 177. The number of hydrogen-bond donors (Lipinski definition) is 0. The fourth-order valence-corrected chi connectivity index (χ4v) is 2.81. The molecule has 0 spiro atoms. The number of hydrogen-bond acceptors (Lipinski definition) is 1. The van der Waals surface area contributed by atoms with Crippen LogP contribution >= 0.6 is 15.9 Å². The first-order valence-electron chi connectivity index (χ1n) is 5.98. The molecule has 0 amide bonds. The summed E-state index contributed by atoms with van der Waals surface area (Å²) in [6, 6.07) is 0. The Morgan fingerprint density at radius 2 is 1.73 bits per heavy atom. The first-order valence-corrected chi connectivity index (χ1v) is 7.10. The summed E-state index contributed by atoms with van der Waals surface area (Å²) >= 11 is 3.60. The van der Waals surface area contributed by atoms with Crippen molar-refractivity contribution in [3.63, 3.8) is 0 Å². The Morgan fingerprint density at radius 1 is 1.20 bits per heavy atom. The lowest BCUT2D eigenvalue weighted by Gasteiger charge is -2.41. The van der Waals surface area contributed by atoms with Gasteiger partial charge in [0.15, 0.2) is 0 Å². The second kappa shape index (κ2) is 6.24. The zero-order valence-corrected chi connectivity index (χ0v) is 12.8. The van der Waals surface area contributed by atoms with Gasteiger partial charge in [0.1, 0.15) is 0 Å². The molecule has 1 nitrogen and oxygen atoms in total. The Labute approximate surface area is 104 Å². The van der Waals surface area contributed by atoms with E-state index >= 15 is 0 Å². The van der Waals surface area contributed by atoms with Gasteiger partial charge in [-0.25, -0.2) is 0 Å². The highest BCUT2D eigenvalue weighted by atomic mass is 79.9. The molecule has 0 aliphatic rings. The Balaban J connectivity index is 4.68. The van der Waals surface area contributed by atoms with Gasteiger partial charge in [0.05, 0.1) is 5.60 Å². The predicted molar refractivity (Wildman–Crippen MR) is 71.7 cm³/mol. The van der Waals surface area contributed by atoms with Crippen LogP contribution in [0.3, 0.4) is 0 Å². The third-order valence-electron chi connectivity index (χ3n) is 4.25. The molecule has 0 aromatic rings. The van der Waals surface area contributed by atoms with E-state index in [2.05, 4.69) is 50.5 Å². The predicted octanol–water partition coefficient (Wildman–Crippen LogP) is 4.64. The zero-order valence-electron chi connectivity index (χ0n) is 11.2. The fourth-order valence-electron chi connectivity index (χ4n) is 2.03. The van der Waals surface area contributed by atoms with E-state index in [4.69, 9.17) is 4.74 Å². The van der Waals surface area contributed by atoms with Crippen molar-refractivity contribution >= 4 is 15.9 Å². The molecular formula is C13H27BrO.